The zero-order valence-electron chi connectivity index (χ0n) is 18.6. The Morgan fingerprint density at radius 3 is 2.50 bits per heavy atom. The molecule has 1 aromatic heterocycles. The summed E-state index contributed by atoms with van der Waals surface area (Å²) < 4.78 is 18.4. The molecule has 1 atom stereocenters. The molecule has 0 unspecified atom stereocenters. The van der Waals surface area contributed by atoms with Crippen LogP contribution in [0.15, 0.2) is 18.2 Å². The quantitative estimate of drug-likeness (QED) is 0.467. The van der Waals surface area contributed by atoms with E-state index in [0.29, 0.717) is 36.1 Å². The second-order valence-corrected chi connectivity index (χ2v) is 7.00. The van der Waals surface area contributed by atoms with Gasteiger partial charge in [-0.05, 0) is 52.3 Å². The van der Waals surface area contributed by atoms with E-state index in [1.54, 1.807) is 36.9 Å². The van der Waals surface area contributed by atoms with Crippen molar-refractivity contribution in [3.05, 3.63) is 35.2 Å². The van der Waals surface area contributed by atoms with E-state index >= 15 is 0 Å². The third-order valence-electron chi connectivity index (χ3n) is 4.64. The molecule has 0 aliphatic rings. The van der Waals surface area contributed by atoms with Gasteiger partial charge in [-0.3, -0.25) is 9.48 Å². The molecule has 1 aromatic carbocycles. The van der Waals surface area contributed by atoms with Gasteiger partial charge in [-0.1, -0.05) is 13.3 Å². The van der Waals surface area contributed by atoms with Crippen LogP contribution in [0.25, 0.3) is 0 Å². The van der Waals surface area contributed by atoms with Gasteiger partial charge in [-0.15, -0.1) is 0 Å². The van der Waals surface area contributed by atoms with Gasteiger partial charge in [0.25, 0.3) is 5.91 Å². The Morgan fingerprint density at radius 2 is 1.90 bits per heavy atom. The number of nitrogens with zero attached hydrogens (tertiary/aromatic N) is 2. The molecule has 1 amide bonds. The number of carbonyl (C=O) groups excluding carboxylic acids is 2. The van der Waals surface area contributed by atoms with Crippen molar-refractivity contribution in [2.24, 2.45) is 7.05 Å². The number of hydrogen-bond donors (Lipinski definition) is 1. The van der Waals surface area contributed by atoms with Crippen LogP contribution in [0.1, 0.15) is 55.4 Å². The average molecular weight is 418 g/mol. The molecule has 0 bridgehead atoms. The van der Waals surface area contributed by atoms with Gasteiger partial charge in [0.15, 0.2) is 17.6 Å². The van der Waals surface area contributed by atoms with Crippen LogP contribution >= 0.6 is 0 Å². The lowest BCUT2D eigenvalue weighted by Gasteiger charge is -2.15. The Morgan fingerprint density at radius 1 is 1.17 bits per heavy atom. The van der Waals surface area contributed by atoms with Gasteiger partial charge < -0.3 is 19.5 Å². The Hall–Kier alpha value is -3.03. The summed E-state index contributed by atoms with van der Waals surface area (Å²) in [4.78, 5) is 25.1. The van der Waals surface area contributed by atoms with Gasteiger partial charge >= 0.3 is 5.97 Å². The van der Waals surface area contributed by atoms with Crippen LogP contribution in [0.2, 0.25) is 0 Å². The molecule has 1 heterocycles. The maximum atomic E-state index is 12.6. The lowest BCUT2D eigenvalue weighted by atomic mass is 10.2. The number of nitrogens with one attached hydrogen (secondary N) is 1. The Kier molecular flexibility index (Phi) is 8.26. The van der Waals surface area contributed by atoms with Crippen LogP contribution in [-0.4, -0.2) is 41.0 Å². The topological polar surface area (TPSA) is 91.7 Å². The third kappa shape index (κ3) is 5.75. The molecular formula is C22H31N3O5. The highest BCUT2D eigenvalue weighted by molar-refractivity contribution is 5.98. The Labute approximate surface area is 177 Å². The predicted octanol–water partition coefficient (Wildman–Crippen LogP) is 3.80. The third-order valence-corrected chi connectivity index (χ3v) is 4.64. The van der Waals surface area contributed by atoms with Crippen molar-refractivity contribution in [1.29, 1.82) is 0 Å². The highest BCUT2D eigenvalue weighted by Crippen LogP contribution is 2.29. The van der Waals surface area contributed by atoms with Gasteiger partial charge in [-0.2, -0.15) is 5.10 Å². The van der Waals surface area contributed by atoms with Crippen LogP contribution in [0.3, 0.4) is 0 Å². The summed E-state index contributed by atoms with van der Waals surface area (Å²) in [6.07, 6.45) is 0.970. The summed E-state index contributed by atoms with van der Waals surface area (Å²) in [7, 11) is 1.80. The van der Waals surface area contributed by atoms with Crippen molar-refractivity contribution >= 4 is 17.6 Å². The lowest BCUT2D eigenvalue weighted by Crippen LogP contribution is -2.30. The smallest absolute Gasteiger partial charge is 0.339 e. The van der Waals surface area contributed by atoms with E-state index < -0.39 is 18.0 Å². The molecular weight excluding hydrogens is 386 g/mol. The minimum atomic E-state index is -0.979. The molecule has 8 nitrogen and oxygen atoms in total. The van der Waals surface area contributed by atoms with Crippen molar-refractivity contribution in [3.8, 4) is 11.5 Å². The van der Waals surface area contributed by atoms with Crippen molar-refractivity contribution in [2.75, 3.05) is 18.5 Å². The van der Waals surface area contributed by atoms with Crippen LogP contribution in [0, 0.1) is 13.8 Å². The number of unbranched alkanes of at least 4 members (excludes halogenated alkanes) is 1. The summed E-state index contributed by atoms with van der Waals surface area (Å²) in [5.41, 5.74) is 2.42. The molecule has 0 radical (unpaired) electrons. The normalized spacial score (nSPS) is 11.7. The summed E-state index contributed by atoms with van der Waals surface area (Å²) in [6.45, 7) is 10.1. The van der Waals surface area contributed by atoms with E-state index in [1.165, 1.54) is 6.92 Å². The SMILES string of the molecule is CCCCOc1ccc(C(=O)O[C@H](C)C(=O)Nc2c(C)nn(C)c2C)cc1OCC. The molecule has 0 saturated carbocycles. The number of carbonyl (C=O) groups is 2. The maximum absolute atomic E-state index is 12.6. The van der Waals surface area contributed by atoms with Crippen LogP contribution in [-0.2, 0) is 16.6 Å². The molecule has 0 saturated heterocycles. The highest BCUT2D eigenvalue weighted by Gasteiger charge is 2.22. The summed E-state index contributed by atoms with van der Waals surface area (Å²) in [6, 6.07) is 4.86. The lowest BCUT2D eigenvalue weighted by molar-refractivity contribution is -0.123. The molecule has 0 aliphatic carbocycles. The van der Waals surface area contributed by atoms with Gasteiger partial charge in [-0.25, -0.2) is 4.79 Å². The molecule has 8 heteroatoms. The number of rotatable bonds is 10. The zero-order chi connectivity index (χ0) is 22.3. The number of hydrogen-bond acceptors (Lipinski definition) is 6. The molecule has 164 valence electrons. The second kappa shape index (κ2) is 10.7. The molecule has 2 rings (SSSR count). The monoisotopic (exact) mass is 417 g/mol. The first kappa shape index (κ1) is 23.3. The Bertz CT molecular complexity index is 891. The molecule has 30 heavy (non-hydrogen) atoms. The number of aryl methyl sites for hydroxylation is 2. The molecule has 1 N–H and O–H groups in total. The summed E-state index contributed by atoms with van der Waals surface area (Å²) in [5.74, 6) is 0.0161. The van der Waals surface area contributed by atoms with Crippen LogP contribution < -0.4 is 14.8 Å². The number of amides is 1. The highest BCUT2D eigenvalue weighted by atomic mass is 16.5. The predicted molar refractivity (Wildman–Crippen MR) is 114 cm³/mol. The number of benzene rings is 1. The van der Waals surface area contributed by atoms with Crippen LogP contribution in [0.4, 0.5) is 5.69 Å². The minimum absolute atomic E-state index is 0.287. The van der Waals surface area contributed by atoms with Gasteiger partial charge in [0.1, 0.15) is 0 Å². The zero-order valence-corrected chi connectivity index (χ0v) is 18.6. The summed E-state index contributed by atoms with van der Waals surface area (Å²) >= 11 is 0. The molecule has 0 fully saturated rings. The van der Waals surface area contributed by atoms with Crippen molar-refractivity contribution < 1.29 is 23.8 Å². The van der Waals surface area contributed by atoms with E-state index in [9.17, 15) is 9.59 Å². The van der Waals surface area contributed by atoms with Gasteiger partial charge in [0, 0.05) is 7.05 Å². The summed E-state index contributed by atoms with van der Waals surface area (Å²) in [5, 5.41) is 7.04. The Balaban J connectivity index is 2.06. The fourth-order valence-corrected chi connectivity index (χ4v) is 2.81. The number of esters is 1. The van der Waals surface area contributed by atoms with E-state index in [-0.39, 0.29) is 5.56 Å². The van der Waals surface area contributed by atoms with E-state index in [0.717, 1.165) is 18.5 Å². The average Bonchev–Trinajstić information content (AvgIpc) is 2.95. The molecule has 2 aromatic rings. The van der Waals surface area contributed by atoms with E-state index in [1.807, 2.05) is 13.8 Å². The number of aromatic nitrogens is 2. The van der Waals surface area contributed by atoms with Crippen molar-refractivity contribution in [2.45, 2.75) is 53.6 Å². The van der Waals surface area contributed by atoms with Crippen molar-refractivity contribution in [3.63, 3.8) is 0 Å². The first-order valence-corrected chi connectivity index (χ1v) is 10.2. The van der Waals surface area contributed by atoms with E-state index in [4.69, 9.17) is 14.2 Å². The van der Waals surface area contributed by atoms with Gasteiger partial charge in [0.05, 0.1) is 35.9 Å². The minimum Gasteiger partial charge on any atom is -0.490 e. The number of anilines is 1. The first-order chi connectivity index (χ1) is 14.3. The van der Waals surface area contributed by atoms with Crippen molar-refractivity contribution in [1.82, 2.24) is 9.78 Å². The molecule has 0 aliphatic heterocycles. The second-order valence-electron chi connectivity index (χ2n) is 7.00. The maximum Gasteiger partial charge on any atom is 0.339 e. The fourth-order valence-electron chi connectivity index (χ4n) is 2.81. The first-order valence-electron chi connectivity index (χ1n) is 10.2. The van der Waals surface area contributed by atoms with E-state index in [2.05, 4.69) is 17.3 Å². The largest absolute Gasteiger partial charge is 0.490 e. The number of ether oxygens (including phenoxy) is 3. The standard InChI is InChI=1S/C22H31N3O5/c1-7-9-12-29-18-11-10-17(13-19(18)28-8-2)22(27)30-16(5)21(26)23-20-14(3)24-25(6)15(20)4/h10-11,13,16H,7-9,12H2,1-6H3,(H,23,26)/t16-/m1/s1. The van der Waals surface area contributed by atoms with Crippen LogP contribution in [0.5, 0.6) is 11.5 Å². The molecule has 0 spiro atoms. The van der Waals surface area contributed by atoms with Gasteiger partial charge in [0.2, 0.25) is 0 Å². The fraction of sp³-hybridized carbons (Fsp3) is 0.500.